The van der Waals surface area contributed by atoms with Crippen molar-refractivity contribution in [2.75, 3.05) is 13.1 Å². The smallest absolute Gasteiger partial charge is 0.223 e. The quantitative estimate of drug-likeness (QED) is 0.873. The van der Waals surface area contributed by atoms with Crippen molar-refractivity contribution in [2.24, 2.45) is 5.92 Å². The number of rotatable bonds is 5. The van der Waals surface area contributed by atoms with E-state index in [1.807, 2.05) is 36.4 Å². The molecule has 1 fully saturated rings. The molecule has 0 saturated carbocycles. The topological polar surface area (TPSA) is 32.3 Å². The van der Waals surface area contributed by atoms with E-state index < -0.39 is 0 Å². The highest BCUT2D eigenvalue weighted by molar-refractivity contribution is 6.31. The third-order valence-electron chi connectivity index (χ3n) is 4.69. The first-order chi connectivity index (χ1) is 12.1. The van der Waals surface area contributed by atoms with Gasteiger partial charge in [-0.25, -0.2) is 4.39 Å². The van der Waals surface area contributed by atoms with E-state index in [0.29, 0.717) is 11.6 Å². The Morgan fingerprint density at radius 1 is 1.12 bits per heavy atom. The van der Waals surface area contributed by atoms with Crippen molar-refractivity contribution < 1.29 is 9.18 Å². The van der Waals surface area contributed by atoms with Gasteiger partial charge >= 0.3 is 0 Å². The lowest BCUT2D eigenvalue weighted by atomic mass is 9.95. The van der Waals surface area contributed by atoms with Crippen molar-refractivity contribution in [3.8, 4) is 0 Å². The van der Waals surface area contributed by atoms with Crippen LogP contribution in [0.4, 0.5) is 4.39 Å². The normalized spacial score (nSPS) is 15.9. The molecule has 1 aliphatic rings. The van der Waals surface area contributed by atoms with Gasteiger partial charge in [0, 0.05) is 24.0 Å². The van der Waals surface area contributed by atoms with Gasteiger partial charge in [-0.3, -0.25) is 9.69 Å². The molecule has 132 valence electrons. The maximum Gasteiger partial charge on any atom is 0.223 e. The zero-order valence-corrected chi connectivity index (χ0v) is 14.8. The van der Waals surface area contributed by atoms with Crippen LogP contribution in [0.3, 0.4) is 0 Å². The lowest BCUT2D eigenvalue weighted by Crippen LogP contribution is -2.40. The maximum atomic E-state index is 13.0. The first-order valence-electron chi connectivity index (χ1n) is 8.60. The zero-order chi connectivity index (χ0) is 17.6. The predicted molar refractivity (Wildman–Crippen MR) is 97.7 cm³/mol. The average Bonchev–Trinajstić information content (AvgIpc) is 2.63. The van der Waals surface area contributed by atoms with Crippen LogP contribution in [0.5, 0.6) is 0 Å². The van der Waals surface area contributed by atoms with E-state index in [0.717, 1.165) is 43.6 Å². The van der Waals surface area contributed by atoms with Crippen molar-refractivity contribution in [2.45, 2.75) is 25.9 Å². The summed E-state index contributed by atoms with van der Waals surface area (Å²) in [5, 5.41) is 3.67. The number of carbonyl (C=O) groups is 1. The summed E-state index contributed by atoms with van der Waals surface area (Å²) in [7, 11) is 0. The van der Waals surface area contributed by atoms with Crippen LogP contribution in [0, 0.1) is 11.7 Å². The van der Waals surface area contributed by atoms with Crippen LogP contribution in [0.2, 0.25) is 5.02 Å². The molecule has 1 amide bonds. The van der Waals surface area contributed by atoms with Gasteiger partial charge in [-0.2, -0.15) is 0 Å². The molecule has 5 heteroatoms. The molecule has 1 aliphatic heterocycles. The Hall–Kier alpha value is -1.91. The standard InChI is InChI=1S/C20H22ClFN2O/c21-19-4-2-1-3-17(19)13-23-20(25)16-9-11-24(12-10-16)14-15-5-7-18(22)8-6-15/h1-8,16H,9-14H2,(H,23,25). The molecule has 0 unspecified atom stereocenters. The maximum absolute atomic E-state index is 13.0. The number of benzene rings is 2. The lowest BCUT2D eigenvalue weighted by molar-refractivity contribution is -0.126. The molecule has 0 bridgehead atoms. The second kappa shape index (κ2) is 8.45. The van der Waals surface area contributed by atoms with Crippen LogP contribution in [-0.2, 0) is 17.9 Å². The van der Waals surface area contributed by atoms with Crippen LogP contribution in [0.1, 0.15) is 24.0 Å². The molecule has 0 aliphatic carbocycles. The van der Waals surface area contributed by atoms with E-state index >= 15 is 0 Å². The van der Waals surface area contributed by atoms with E-state index in [-0.39, 0.29) is 17.6 Å². The SMILES string of the molecule is O=C(NCc1ccccc1Cl)C1CCN(Cc2ccc(F)cc2)CC1. The van der Waals surface area contributed by atoms with Gasteiger partial charge in [0.2, 0.25) is 5.91 Å². The molecule has 2 aromatic carbocycles. The van der Waals surface area contributed by atoms with Crippen molar-refractivity contribution in [3.63, 3.8) is 0 Å². The van der Waals surface area contributed by atoms with Gasteiger partial charge in [0.05, 0.1) is 0 Å². The van der Waals surface area contributed by atoms with Gasteiger partial charge < -0.3 is 5.32 Å². The largest absolute Gasteiger partial charge is 0.352 e. The molecule has 1 heterocycles. The summed E-state index contributed by atoms with van der Waals surface area (Å²) in [4.78, 5) is 14.7. The summed E-state index contributed by atoms with van der Waals surface area (Å²) in [6.07, 6.45) is 1.69. The highest BCUT2D eigenvalue weighted by atomic mass is 35.5. The van der Waals surface area contributed by atoms with E-state index in [2.05, 4.69) is 10.2 Å². The number of nitrogens with one attached hydrogen (secondary N) is 1. The second-order valence-electron chi connectivity index (χ2n) is 6.49. The number of amides is 1. The van der Waals surface area contributed by atoms with Crippen LogP contribution in [0.15, 0.2) is 48.5 Å². The fourth-order valence-electron chi connectivity index (χ4n) is 3.17. The summed E-state index contributed by atoms with van der Waals surface area (Å²) < 4.78 is 13.0. The van der Waals surface area contributed by atoms with Crippen molar-refractivity contribution >= 4 is 17.5 Å². The van der Waals surface area contributed by atoms with E-state index in [1.165, 1.54) is 12.1 Å². The third-order valence-corrected chi connectivity index (χ3v) is 5.06. The van der Waals surface area contributed by atoms with Gasteiger partial charge in [-0.05, 0) is 55.3 Å². The van der Waals surface area contributed by atoms with Gasteiger partial charge in [0.1, 0.15) is 5.82 Å². The number of halogens is 2. The molecule has 2 aromatic rings. The highest BCUT2D eigenvalue weighted by Gasteiger charge is 2.24. The van der Waals surface area contributed by atoms with E-state index in [1.54, 1.807) is 0 Å². The van der Waals surface area contributed by atoms with Crippen molar-refractivity contribution in [3.05, 3.63) is 70.5 Å². The van der Waals surface area contributed by atoms with Crippen LogP contribution in [0.25, 0.3) is 0 Å². The Labute approximate surface area is 152 Å². The van der Waals surface area contributed by atoms with E-state index in [9.17, 15) is 9.18 Å². The third kappa shape index (κ3) is 5.03. The molecule has 0 spiro atoms. The van der Waals surface area contributed by atoms with Gasteiger partial charge in [-0.1, -0.05) is 41.9 Å². The number of hydrogen-bond donors (Lipinski definition) is 1. The molecule has 1 saturated heterocycles. The number of nitrogens with zero attached hydrogens (tertiary/aromatic N) is 1. The molecular weight excluding hydrogens is 339 g/mol. The molecule has 0 atom stereocenters. The van der Waals surface area contributed by atoms with Crippen molar-refractivity contribution in [1.82, 2.24) is 10.2 Å². The number of likely N-dealkylation sites (tertiary alicyclic amines) is 1. The highest BCUT2D eigenvalue weighted by Crippen LogP contribution is 2.20. The van der Waals surface area contributed by atoms with Crippen LogP contribution < -0.4 is 5.32 Å². The first-order valence-corrected chi connectivity index (χ1v) is 8.97. The summed E-state index contributed by atoms with van der Waals surface area (Å²) in [5.74, 6) is -0.0639. The van der Waals surface area contributed by atoms with Crippen LogP contribution in [-0.4, -0.2) is 23.9 Å². The van der Waals surface area contributed by atoms with Gasteiger partial charge in [0.15, 0.2) is 0 Å². The molecule has 3 rings (SSSR count). The Morgan fingerprint density at radius 2 is 1.80 bits per heavy atom. The fourth-order valence-corrected chi connectivity index (χ4v) is 3.37. The molecule has 25 heavy (non-hydrogen) atoms. The van der Waals surface area contributed by atoms with Gasteiger partial charge in [-0.15, -0.1) is 0 Å². The first kappa shape index (κ1) is 17.9. The number of piperidine rings is 1. The van der Waals surface area contributed by atoms with E-state index in [4.69, 9.17) is 11.6 Å². The number of hydrogen-bond acceptors (Lipinski definition) is 2. The fraction of sp³-hybridized carbons (Fsp3) is 0.350. The zero-order valence-electron chi connectivity index (χ0n) is 14.1. The molecule has 3 nitrogen and oxygen atoms in total. The minimum Gasteiger partial charge on any atom is -0.352 e. The Kier molecular flexibility index (Phi) is 6.05. The van der Waals surface area contributed by atoms with Crippen molar-refractivity contribution in [1.29, 1.82) is 0 Å². The summed E-state index contributed by atoms with van der Waals surface area (Å²) in [5.41, 5.74) is 2.04. The molecule has 0 radical (unpaired) electrons. The van der Waals surface area contributed by atoms with Gasteiger partial charge in [0.25, 0.3) is 0 Å². The summed E-state index contributed by atoms with van der Waals surface area (Å²) in [6.45, 7) is 3.02. The number of carbonyl (C=O) groups excluding carboxylic acids is 1. The molecular formula is C20H22ClFN2O. The Bertz CT molecular complexity index is 712. The predicted octanol–water partition coefficient (Wildman–Crippen LogP) is 4.01. The molecule has 1 N–H and O–H groups in total. The van der Waals surface area contributed by atoms with Crippen LogP contribution >= 0.6 is 11.6 Å². The second-order valence-corrected chi connectivity index (χ2v) is 6.89. The Balaban J connectivity index is 1.44. The average molecular weight is 361 g/mol. The summed E-state index contributed by atoms with van der Waals surface area (Å²) in [6, 6.07) is 14.2. The monoisotopic (exact) mass is 360 g/mol. The Morgan fingerprint density at radius 3 is 2.48 bits per heavy atom. The molecule has 0 aromatic heterocycles. The minimum atomic E-state index is -0.211. The summed E-state index contributed by atoms with van der Waals surface area (Å²) >= 11 is 6.12. The lowest BCUT2D eigenvalue weighted by Gasteiger charge is -2.31. The minimum absolute atomic E-state index is 0.0481.